The Balaban J connectivity index is 2.30. The molecule has 0 saturated heterocycles. The minimum Gasteiger partial charge on any atom is -0.494 e. The van der Waals surface area contributed by atoms with Crippen LogP contribution in [0.3, 0.4) is 0 Å². The van der Waals surface area contributed by atoms with Gasteiger partial charge in [-0.15, -0.1) is 0 Å². The van der Waals surface area contributed by atoms with Gasteiger partial charge < -0.3 is 4.74 Å². The molecule has 0 aliphatic heterocycles. The number of methoxy groups -OCH3 is 1. The third-order valence-electron chi connectivity index (χ3n) is 2.39. The number of benzene rings is 2. The van der Waals surface area contributed by atoms with Crippen LogP contribution in [0, 0.1) is 5.82 Å². The lowest BCUT2D eigenvalue weighted by Gasteiger charge is -2.03. The highest BCUT2D eigenvalue weighted by Crippen LogP contribution is 2.26. The predicted octanol–water partition coefficient (Wildman–Crippen LogP) is 4.24. The molecule has 2 rings (SSSR count). The Bertz CT molecular complexity index is 584. The molecule has 0 aliphatic rings. The molecule has 18 heavy (non-hydrogen) atoms. The third-order valence-corrected chi connectivity index (χ3v) is 2.72. The number of rotatable bonds is 3. The van der Waals surface area contributed by atoms with E-state index >= 15 is 0 Å². The predicted molar refractivity (Wildman–Crippen MR) is 71.7 cm³/mol. The van der Waals surface area contributed by atoms with Crippen LogP contribution in [0.1, 0.15) is 5.56 Å². The van der Waals surface area contributed by atoms with E-state index in [4.69, 9.17) is 16.3 Å². The Kier molecular flexibility index (Phi) is 3.95. The van der Waals surface area contributed by atoms with Crippen LogP contribution in [0.2, 0.25) is 5.02 Å². The molecule has 0 aromatic heterocycles. The van der Waals surface area contributed by atoms with E-state index in [1.54, 1.807) is 19.4 Å². The smallest absolute Gasteiger partial charge is 0.144 e. The maximum atomic E-state index is 12.9. The van der Waals surface area contributed by atoms with E-state index in [2.05, 4.69) is 4.99 Å². The van der Waals surface area contributed by atoms with Gasteiger partial charge >= 0.3 is 0 Å². The average Bonchev–Trinajstić information content (AvgIpc) is 2.38. The van der Waals surface area contributed by atoms with Gasteiger partial charge in [0.2, 0.25) is 0 Å². The highest BCUT2D eigenvalue weighted by molar-refractivity contribution is 6.33. The van der Waals surface area contributed by atoms with Gasteiger partial charge in [0.05, 0.1) is 12.1 Å². The maximum Gasteiger partial charge on any atom is 0.144 e. The summed E-state index contributed by atoms with van der Waals surface area (Å²) in [5.74, 6) is 0.307. The summed E-state index contributed by atoms with van der Waals surface area (Å²) in [6, 6.07) is 11.5. The van der Waals surface area contributed by atoms with E-state index in [1.807, 2.05) is 24.3 Å². The first-order chi connectivity index (χ1) is 8.70. The van der Waals surface area contributed by atoms with Crippen LogP contribution in [0.4, 0.5) is 10.1 Å². The van der Waals surface area contributed by atoms with Gasteiger partial charge in [-0.05, 0) is 30.3 Å². The van der Waals surface area contributed by atoms with E-state index in [9.17, 15) is 4.39 Å². The molecular formula is C14H11ClFNO. The zero-order valence-corrected chi connectivity index (χ0v) is 10.5. The Morgan fingerprint density at radius 2 is 2.00 bits per heavy atom. The molecule has 0 spiro atoms. The fraction of sp³-hybridized carbons (Fsp3) is 0.0714. The van der Waals surface area contributed by atoms with Gasteiger partial charge in [0.15, 0.2) is 0 Å². The van der Waals surface area contributed by atoms with Crippen molar-refractivity contribution in [1.82, 2.24) is 0 Å². The van der Waals surface area contributed by atoms with E-state index < -0.39 is 0 Å². The fourth-order valence-corrected chi connectivity index (χ4v) is 1.70. The summed E-state index contributed by atoms with van der Waals surface area (Å²) in [7, 11) is 1.58. The quantitative estimate of drug-likeness (QED) is 0.759. The average molecular weight is 264 g/mol. The molecule has 92 valence electrons. The van der Waals surface area contributed by atoms with Gasteiger partial charge in [0.25, 0.3) is 0 Å². The summed E-state index contributed by atoms with van der Waals surface area (Å²) >= 11 is 5.91. The van der Waals surface area contributed by atoms with E-state index in [-0.39, 0.29) is 5.82 Å². The summed E-state index contributed by atoms with van der Waals surface area (Å²) in [6.07, 6.45) is 1.58. The first-order valence-corrected chi connectivity index (χ1v) is 5.70. The lowest BCUT2D eigenvalue weighted by molar-refractivity contribution is 0.416. The number of hydrogen-bond donors (Lipinski definition) is 0. The summed E-state index contributed by atoms with van der Waals surface area (Å²) in [6.45, 7) is 0. The minimum absolute atomic E-state index is 0.327. The second-order valence-electron chi connectivity index (χ2n) is 3.60. The van der Waals surface area contributed by atoms with Crippen LogP contribution in [0.5, 0.6) is 5.75 Å². The molecule has 0 amide bonds. The van der Waals surface area contributed by atoms with Crippen molar-refractivity contribution >= 4 is 23.5 Å². The number of para-hydroxylation sites is 2. The molecule has 0 radical (unpaired) electrons. The summed E-state index contributed by atoms with van der Waals surface area (Å²) < 4.78 is 18.1. The lowest BCUT2D eigenvalue weighted by Crippen LogP contribution is -1.86. The number of halogens is 2. The Morgan fingerprint density at radius 3 is 2.72 bits per heavy atom. The van der Waals surface area contributed by atoms with Crippen LogP contribution in [0.25, 0.3) is 0 Å². The fourth-order valence-electron chi connectivity index (χ4n) is 1.48. The second-order valence-corrected chi connectivity index (χ2v) is 4.00. The SMILES string of the molecule is COc1ccccc1N=Cc1ccc(F)cc1Cl. The lowest BCUT2D eigenvalue weighted by atomic mass is 10.2. The number of aliphatic imine (C=N–C) groups is 1. The van der Waals surface area contributed by atoms with Crippen LogP contribution >= 0.6 is 11.6 Å². The molecule has 0 saturated carbocycles. The van der Waals surface area contributed by atoms with Gasteiger partial charge in [0, 0.05) is 11.8 Å². The van der Waals surface area contributed by atoms with Crippen LogP contribution < -0.4 is 4.74 Å². The van der Waals surface area contributed by atoms with Crippen molar-refractivity contribution in [2.75, 3.05) is 7.11 Å². The number of hydrogen-bond acceptors (Lipinski definition) is 2. The van der Waals surface area contributed by atoms with E-state index in [0.29, 0.717) is 22.0 Å². The van der Waals surface area contributed by atoms with Crippen molar-refractivity contribution < 1.29 is 9.13 Å². The van der Waals surface area contributed by atoms with Gasteiger partial charge in [-0.1, -0.05) is 23.7 Å². The highest BCUT2D eigenvalue weighted by Gasteiger charge is 2.01. The van der Waals surface area contributed by atoms with Crippen molar-refractivity contribution in [2.45, 2.75) is 0 Å². The van der Waals surface area contributed by atoms with Crippen LogP contribution in [0.15, 0.2) is 47.5 Å². The zero-order chi connectivity index (χ0) is 13.0. The topological polar surface area (TPSA) is 21.6 Å². The molecule has 0 fully saturated rings. The van der Waals surface area contributed by atoms with Gasteiger partial charge in [-0.25, -0.2) is 4.39 Å². The van der Waals surface area contributed by atoms with Gasteiger partial charge in [-0.3, -0.25) is 4.99 Å². The monoisotopic (exact) mass is 263 g/mol. The summed E-state index contributed by atoms with van der Waals surface area (Å²) in [5, 5.41) is 0.327. The molecule has 0 aliphatic carbocycles. The molecule has 2 nitrogen and oxygen atoms in total. The largest absolute Gasteiger partial charge is 0.494 e. The summed E-state index contributed by atoms with van der Waals surface area (Å²) in [5.41, 5.74) is 1.35. The van der Waals surface area contributed by atoms with Crippen LogP contribution in [-0.2, 0) is 0 Å². The second kappa shape index (κ2) is 5.65. The molecular weight excluding hydrogens is 253 g/mol. The first-order valence-electron chi connectivity index (χ1n) is 5.33. The van der Waals surface area contributed by atoms with Gasteiger partial charge in [0.1, 0.15) is 17.3 Å². The molecule has 0 bridgehead atoms. The van der Waals surface area contributed by atoms with Gasteiger partial charge in [-0.2, -0.15) is 0 Å². The van der Waals surface area contributed by atoms with Crippen molar-refractivity contribution in [3.63, 3.8) is 0 Å². The Hall–Kier alpha value is -1.87. The van der Waals surface area contributed by atoms with Crippen molar-refractivity contribution in [1.29, 1.82) is 0 Å². The third kappa shape index (κ3) is 2.87. The highest BCUT2D eigenvalue weighted by atomic mass is 35.5. The van der Waals surface area contributed by atoms with E-state index in [1.165, 1.54) is 12.1 Å². The summed E-state index contributed by atoms with van der Waals surface area (Å²) in [4.78, 5) is 4.28. The van der Waals surface area contributed by atoms with E-state index in [0.717, 1.165) is 0 Å². The molecule has 2 aromatic rings. The Labute approximate surface area is 110 Å². The number of nitrogens with zero attached hydrogens (tertiary/aromatic N) is 1. The number of ether oxygens (including phenoxy) is 1. The molecule has 4 heteroatoms. The molecule has 0 unspecified atom stereocenters. The maximum absolute atomic E-state index is 12.9. The standard InChI is InChI=1S/C14H11ClFNO/c1-18-14-5-3-2-4-13(14)17-9-10-6-7-11(16)8-12(10)15/h2-9H,1H3. The van der Waals surface area contributed by atoms with Crippen molar-refractivity contribution in [3.05, 3.63) is 58.9 Å². The molecule has 2 aromatic carbocycles. The minimum atomic E-state index is -0.366. The van der Waals surface area contributed by atoms with Crippen molar-refractivity contribution in [3.8, 4) is 5.75 Å². The van der Waals surface area contributed by atoms with Crippen molar-refractivity contribution in [2.24, 2.45) is 4.99 Å². The first kappa shape index (κ1) is 12.6. The Morgan fingerprint density at radius 1 is 1.22 bits per heavy atom. The molecule has 0 atom stereocenters. The van der Waals surface area contributed by atoms with Crippen LogP contribution in [-0.4, -0.2) is 13.3 Å². The molecule has 0 N–H and O–H groups in total. The normalized spacial score (nSPS) is 10.8. The molecule has 0 heterocycles. The zero-order valence-electron chi connectivity index (χ0n) is 9.73.